The van der Waals surface area contributed by atoms with Crippen LogP contribution in [-0.2, 0) is 21.7 Å². The summed E-state index contributed by atoms with van der Waals surface area (Å²) in [6, 6.07) is 21.7. The molecule has 1 spiro atoms. The van der Waals surface area contributed by atoms with E-state index < -0.39 is 29.2 Å². The number of aliphatic hydroxyl groups excluding tert-OH is 1. The van der Waals surface area contributed by atoms with Crippen molar-refractivity contribution >= 4 is 23.2 Å². The number of methoxy groups -OCH3 is 1. The van der Waals surface area contributed by atoms with Crippen molar-refractivity contribution in [2.45, 2.75) is 51.1 Å². The van der Waals surface area contributed by atoms with Gasteiger partial charge >= 0.3 is 0 Å². The molecule has 0 bridgehead atoms. The van der Waals surface area contributed by atoms with Gasteiger partial charge in [0.1, 0.15) is 11.4 Å². The van der Waals surface area contributed by atoms with E-state index in [1.54, 1.807) is 42.3 Å². The van der Waals surface area contributed by atoms with Crippen molar-refractivity contribution in [2.75, 3.05) is 23.9 Å². The summed E-state index contributed by atoms with van der Waals surface area (Å²) in [7, 11) is 1.57. The second-order valence-electron chi connectivity index (χ2n) is 11.1. The summed E-state index contributed by atoms with van der Waals surface area (Å²) >= 11 is 0. The summed E-state index contributed by atoms with van der Waals surface area (Å²) < 4.78 is 27.1. The Kier molecular flexibility index (Phi) is 7.42. The number of hydrogen-bond donors (Lipinski definition) is 2. The van der Waals surface area contributed by atoms with E-state index in [4.69, 9.17) is 9.47 Å². The summed E-state index contributed by atoms with van der Waals surface area (Å²) in [5.74, 6) is -0.879. The standard InChI is InChI=1S/C32H35FN2O5/c1-20-28(31(2,3)33)27(16-17-36)40-32(20)25-10-5-6-11-26(25)35(30(32)38)19-21-8-7-9-23(18-21)34-29(37)22-12-14-24(39-4)15-13-22/h5-15,18,20,27-28,36H,16-17,19H2,1-4H3,(H,34,37)/t20-,27+,28-,32+/m0/s1. The van der Waals surface area contributed by atoms with Crippen molar-refractivity contribution < 1.29 is 28.6 Å². The number of amides is 2. The molecule has 2 amide bonds. The second kappa shape index (κ2) is 10.7. The van der Waals surface area contributed by atoms with Crippen LogP contribution in [0.5, 0.6) is 5.75 Å². The average Bonchev–Trinajstić information content (AvgIpc) is 3.36. The number of fused-ring (bicyclic) bond motifs is 2. The topological polar surface area (TPSA) is 88.1 Å². The second-order valence-corrected chi connectivity index (χ2v) is 11.1. The van der Waals surface area contributed by atoms with Crippen LogP contribution in [0.25, 0.3) is 0 Å². The molecule has 1 fully saturated rings. The minimum Gasteiger partial charge on any atom is -0.497 e. The number of nitrogens with zero attached hydrogens (tertiary/aromatic N) is 1. The van der Waals surface area contributed by atoms with Gasteiger partial charge in [-0.15, -0.1) is 0 Å². The lowest BCUT2D eigenvalue weighted by Crippen LogP contribution is -2.45. The third-order valence-corrected chi connectivity index (χ3v) is 8.16. The van der Waals surface area contributed by atoms with Gasteiger partial charge in [-0.1, -0.05) is 37.3 Å². The fourth-order valence-corrected chi connectivity index (χ4v) is 6.43. The number of rotatable bonds is 8. The highest BCUT2D eigenvalue weighted by Gasteiger charge is 2.65. The molecule has 3 aromatic carbocycles. The van der Waals surface area contributed by atoms with Gasteiger partial charge in [0, 0.05) is 35.3 Å². The maximum Gasteiger partial charge on any atom is 0.264 e. The number of para-hydroxylation sites is 1. The van der Waals surface area contributed by atoms with E-state index in [2.05, 4.69) is 5.32 Å². The third-order valence-electron chi connectivity index (χ3n) is 8.16. The van der Waals surface area contributed by atoms with Gasteiger partial charge in [-0.3, -0.25) is 9.59 Å². The summed E-state index contributed by atoms with van der Waals surface area (Å²) in [6.45, 7) is 4.98. The number of nitrogens with one attached hydrogen (secondary N) is 1. The zero-order valence-corrected chi connectivity index (χ0v) is 23.2. The highest BCUT2D eigenvalue weighted by atomic mass is 19.1. The Morgan fingerprint density at radius 1 is 1.12 bits per heavy atom. The molecule has 210 valence electrons. The van der Waals surface area contributed by atoms with Crippen LogP contribution >= 0.6 is 0 Å². The third kappa shape index (κ3) is 4.75. The Labute approximate surface area is 233 Å². The monoisotopic (exact) mass is 546 g/mol. The number of carbonyl (C=O) groups excluding carboxylic acids is 2. The van der Waals surface area contributed by atoms with Crippen molar-refractivity contribution in [1.82, 2.24) is 0 Å². The zero-order valence-electron chi connectivity index (χ0n) is 23.2. The minimum atomic E-state index is -1.61. The van der Waals surface area contributed by atoms with Crippen LogP contribution in [-0.4, -0.2) is 42.4 Å². The average molecular weight is 547 g/mol. The molecule has 2 aliphatic rings. The smallest absolute Gasteiger partial charge is 0.264 e. The highest BCUT2D eigenvalue weighted by molar-refractivity contribution is 6.07. The lowest BCUT2D eigenvalue weighted by atomic mass is 9.71. The number of alkyl halides is 1. The van der Waals surface area contributed by atoms with Gasteiger partial charge in [0.25, 0.3) is 11.8 Å². The van der Waals surface area contributed by atoms with Gasteiger partial charge in [-0.2, -0.15) is 0 Å². The molecule has 5 rings (SSSR count). The number of benzene rings is 3. The van der Waals surface area contributed by atoms with Crippen LogP contribution in [0.2, 0.25) is 0 Å². The molecule has 0 radical (unpaired) electrons. The maximum absolute atomic E-state index is 15.5. The number of halogens is 1. The van der Waals surface area contributed by atoms with Crippen LogP contribution in [0.3, 0.4) is 0 Å². The molecule has 0 saturated carbocycles. The first-order valence-corrected chi connectivity index (χ1v) is 13.5. The van der Waals surface area contributed by atoms with E-state index in [9.17, 15) is 14.7 Å². The summed E-state index contributed by atoms with van der Waals surface area (Å²) in [5, 5.41) is 12.6. The Hall–Kier alpha value is -3.75. The molecule has 2 N–H and O–H groups in total. The van der Waals surface area contributed by atoms with Crippen LogP contribution in [0.4, 0.5) is 15.8 Å². The van der Waals surface area contributed by atoms with Crippen molar-refractivity contribution in [1.29, 1.82) is 0 Å². The number of hydrogen-bond acceptors (Lipinski definition) is 5. The summed E-state index contributed by atoms with van der Waals surface area (Å²) in [5.41, 5.74) is 0.380. The van der Waals surface area contributed by atoms with Crippen molar-refractivity contribution in [3.63, 3.8) is 0 Å². The van der Waals surface area contributed by atoms with Gasteiger partial charge in [-0.25, -0.2) is 4.39 Å². The number of anilines is 2. The quantitative estimate of drug-likeness (QED) is 0.391. The van der Waals surface area contributed by atoms with Crippen molar-refractivity contribution in [3.05, 3.63) is 89.5 Å². The molecule has 7 nitrogen and oxygen atoms in total. The molecule has 4 atom stereocenters. The van der Waals surface area contributed by atoms with E-state index in [-0.39, 0.29) is 31.4 Å². The van der Waals surface area contributed by atoms with E-state index in [0.717, 1.165) is 5.56 Å². The number of aliphatic hydroxyl groups is 1. The van der Waals surface area contributed by atoms with Crippen LogP contribution in [0.1, 0.15) is 48.7 Å². The molecule has 3 aromatic rings. The van der Waals surface area contributed by atoms with Gasteiger partial charge in [0.15, 0.2) is 5.60 Å². The van der Waals surface area contributed by atoms with E-state index in [1.165, 1.54) is 13.8 Å². The highest BCUT2D eigenvalue weighted by Crippen LogP contribution is 2.58. The molecule has 40 heavy (non-hydrogen) atoms. The molecular weight excluding hydrogens is 511 g/mol. The first kappa shape index (κ1) is 27.8. The maximum atomic E-state index is 15.5. The van der Waals surface area contributed by atoms with Crippen LogP contribution in [0, 0.1) is 11.8 Å². The lowest BCUT2D eigenvalue weighted by Gasteiger charge is -2.32. The lowest BCUT2D eigenvalue weighted by molar-refractivity contribution is -0.146. The Morgan fingerprint density at radius 3 is 2.52 bits per heavy atom. The van der Waals surface area contributed by atoms with Gasteiger partial charge in [0.2, 0.25) is 0 Å². The molecule has 0 aliphatic carbocycles. The predicted octanol–water partition coefficient (Wildman–Crippen LogP) is 5.47. The molecule has 0 aromatic heterocycles. The largest absolute Gasteiger partial charge is 0.497 e. The van der Waals surface area contributed by atoms with E-state index >= 15 is 4.39 Å². The summed E-state index contributed by atoms with van der Waals surface area (Å²) in [4.78, 5) is 28.7. The fraction of sp³-hybridized carbons (Fsp3) is 0.375. The normalized spacial score (nSPS) is 23.9. The van der Waals surface area contributed by atoms with Crippen LogP contribution < -0.4 is 15.0 Å². The predicted molar refractivity (Wildman–Crippen MR) is 151 cm³/mol. The Bertz CT molecular complexity index is 1400. The molecule has 2 heterocycles. The van der Waals surface area contributed by atoms with Crippen molar-refractivity contribution in [3.8, 4) is 5.75 Å². The SMILES string of the molecule is COc1ccc(C(=O)Nc2cccc(CN3C(=O)[C@]4(O[C@H](CCO)[C@@H](C(C)(C)F)[C@@H]4C)c4ccccc43)c2)cc1. The number of carbonyl (C=O) groups is 2. The molecule has 8 heteroatoms. The van der Waals surface area contributed by atoms with Crippen molar-refractivity contribution in [2.24, 2.45) is 11.8 Å². The first-order chi connectivity index (χ1) is 19.1. The number of ether oxygens (including phenoxy) is 2. The first-order valence-electron chi connectivity index (χ1n) is 13.5. The fourth-order valence-electron chi connectivity index (χ4n) is 6.43. The molecule has 2 aliphatic heterocycles. The minimum absolute atomic E-state index is 0.158. The Morgan fingerprint density at radius 2 is 1.85 bits per heavy atom. The Balaban J connectivity index is 1.42. The molecule has 0 unspecified atom stereocenters. The van der Waals surface area contributed by atoms with Gasteiger partial charge in [0.05, 0.1) is 25.4 Å². The summed E-state index contributed by atoms with van der Waals surface area (Å²) in [6.07, 6.45) is -0.358. The zero-order chi connectivity index (χ0) is 28.7. The molecular formula is C32H35FN2O5. The van der Waals surface area contributed by atoms with Crippen LogP contribution in [0.15, 0.2) is 72.8 Å². The molecule has 1 saturated heterocycles. The van der Waals surface area contributed by atoms with Gasteiger partial charge in [-0.05, 0) is 68.3 Å². The van der Waals surface area contributed by atoms with E-state index in [0.29, 0.717) is 28.3 Å². The van der Waals surface area contributed by atoms with E-state index in [1.807, 2.05) is 49.4 Å². The van der Waals surface area contributed by atoms with Gasteiger partial charge < -0.3 is 24.8 Å².